The predicted molar refractivity (Wildman–Crippen MR) is 126 cm³/mol. The maximum atomic E-state index is 12.9. The van der Waals surface area contributed by atoms with Gasteiger partial charge in [0.05, 0.1) is 24.7 Å². The molecule has 1 aliphatic rings. The molecule has 0 bridgehead atoms. The molecule has 1 atom stereocenters. The maximum absolute atomic E-state index is 12.9. The number of carbonyl (C=O) groups is 2. The molecule has 2 amide bonds. The summed E-state index contributed by atoms with van der Waals surface area (Å²) in [5.41, 5.74) is 1.41. The Morgan fingerprint density at radius 3 is 2.59 bits per heavy atom. The van der Waals surface area contributed by atoms with E-state index in [0.29, 0.717) is 28.8 Å². The first-order valence-electron chi connectivity index (χ1n) is 10.7. The van der Waals surface area contributed by atoms with E-state index in [0.717, 1.165) is 25.2 Å². The molecule has 2 aromatic heterocycles. The molecule has 34 heavy (non-hydrogen) atoms. The van der Waals surface area contributed by atoms with Gasteiger partial charge < -0.3 is 19.1 Å². The first kappa shape index (κ1) is 23.6. The van der Waals surface area contributed by atoms with Crippen molar-refractivity contribution < 1.29 is 23.8 Å². The fraction of sp³-hybridized carbons (Fsp3) is 0.348. The number of nitrogens with zero attached hydrogens (tertiary/aromatic N) is 4. The average Bonchev–Trinajstić information content (AvgIpc) is 3.17. The average molecular weight is 484 g/mol. The molecule has 3 aromatic rings. The van der Waals surface area contributed by atoms with Crippen LogP contribution in [0.5, 0.6) is 17.4 Å². The van der Waals surface area contributed by atoms with Crippen LogP contribution in [0.3, 0.4) is 0 Å². The van der Waals surface area contributed by atoms with Gasteiger partial charge in [-0.2, -0.15) is 0 Å². The van der Waals surface area contributed by atoms with Crippen LogP contribution in [-0.2, 0) is 4.74 Å². The number of nitrogens with one attached hydrogen (secondary N) is 1. The number of methoxy groups -OCH3 is 1. The lowest BCUT2D eigenvalue weighted by molar-refractivity contribution is 0.0645. The van der Waals surface area contributed by atoms with Gasteiger partial charge in [0.15, 0.2) is 5.13 Å². The molecule has 1 fully saturated rings. The van der Waals surface area contributed by atoms with Gasteiger partial charge in [-0.05, 0) is 32.4 Å². The molecule has 1 N–H and O–H groups in total. The van der Waals surface area contributed by atoms with E-state index in [1.54, 1.807) is 30.2 Å². The van der Waals surface area contributed by atoms with Crippen molar-refractivity contribution in [2.45, 2.75) is 26.4 Å². The monoisotopic (exact) mass is 483 g/mol. The number of amides is 2. The lowest BCUT2D eigenvalue weighted by atomic mass is 10.2. The van der Waals surface area contributed by atoms with E-state index in [1.165, 1.54) is 23.7 Å². The number of benzene rings is 1. The minimum Gasteiger partial charge on any atom is -0.488 e. The van der Waals surface area contributed by atoms with Crippen LogP contribution < -0.4 is 14.8 Å². The third kappa shape index (κ3) is 5.86. The van der Waals surface area contributed by atoms with E-state index in [1.807, 2.05) is 19.2 Å². The summed E-state index contributed by atoms with van der Waals surface area (Å²) in [5, 5.41) is 5.13. The van der Waals surface area contributed by atoms with Crippen LogP contribution in [0.25, 0.3) is 0 Å². The summed E-state index contributed by atoms with van der Waals surface area (Å²) in [4.78, 5) is 39.5. The molecule has 0 aliphatic carbocycles. The highest BCUT2D eigenvalue weighted by Crippen LogP contribution is 2.28. The Bertz CT molecular complexity index is 1160. The van der Waals surface area contributed by atoms with E-state index in [-0.39, 0.29) is 29.5 Å². The number of anilines is 1. The number of hydrogen-bond donors (Lipinski definition) is 1. The number of aryl methyl sites for hydroxylation is 1. The van der Waals surface area contributed by atoms with Crippen molar-refractivity contribution in [3.05, 3.63) is 52.9 Å². The highest BCUT2D eigenvalue weighted by atomic mass is 32.1. The highest BCUT2D eigenvalue weighted by molar-refractivity contribution is 7.13. The fourth-order valence-electron chi connectivity index (χ4n) is 3.19. The molecule has 3 heterocycles. The Balaban J connectivity index is 1.54. The van der Waals surface area contributed by atoms with Crippen LogP contribution in [0, 0.1) is 6.92 Å². The van der Waals surface area contributed by atoms with Crippen molar-refractivity contribution in [2.24, 2.45) is 0 Å². The number of ether oxygens (including phenoxy) is 3. The smallest absolute Gasteiger partial charge is 0.274 e. The Morgan fingerprint density at radius 2 is 1.97 bits per heavy atom. The van der Waals surface area contributed by atoms with Gasteiger partial charge >= 0.3 is 0 Å². The van der Waals surface area contributed by atoms with E-state index >= 15 is 0 Å². The van der Waals surface area contributed by atoms with E-state index in [2.05, 4.69) is 20.3 Å². The van der Waals surface area contributed by atoms with Gasteiger partial charge in [0.2, 0.25) is 5.88 Å². The summed E-state index contributed by atoms with van der Waals surface area (Å²) in [6, 6.07) is 4.84. The number of likely N-dealkylation sites (tertiary alicyclic amines) is 1. The van der Waals surface area contributed by atoms with Crippen LogP contribution in [0.15, 0.2) is 36.0 Å². The third-order valence-electron chi connectivity index (χ3n) is 4.93. The van der Waals surface area contributed by atoms with Gasteiger partial charge in [-0.25, -0.2) is 15.0 Å². The Kier molecular flexibility index (Phi) is 7.33. The largest absolute Gasteiger partial charge is 0.488 e. The highest BCUT2D eigenvalue weighted by Gasteiger charge is 2.23. The minimum absolute atomic E-state index is 0.149. The first-order chi connectivity index (χ1) is 16.4. The van der Waals surface area contributed by atoms with Crippen molar-refractivity contribution in [1.82, 2.24) is 19.9 Å². The number of thiazole rings is 1. The zero-order valence-corrected chi connectivity index (χ0v) is 19.9. The van der Waals surface area contributed by atoms with Crippen molar-refractivity contribution in [3.8, 4) is 17.4 Å². The molecular weight excluding hydrogens is 458 g/mol. The molecule has 1 saturated heterocycles. The Labute approximate surface area is 200 Å². The zero-order chi connectivity index (χ0) is 24.1. The van der Waals surface area contributed by atoms with Crippen molar-refractivity contribution in [3.63, 3.8) is 0 Å². The van der Waals surface area contributed by atoms with Crippen molar-refractivity contribution >= 4 is 28.3 Å². The Hall–Kier alpha value is -3.57. The van der Waals surface area contributed by atoms with Gasteiger partial charge in [-0.3, -0.25) is 14.9 Å². The van der Waals surface area contributed by atoms with E-state index in [9.17, 15) is 9.59 Å². The normalized spacial score (nSPS) is 13.7. The summed E-state index contributed by atoms with van der Waals surface area (Å²) < 4.78 is 16.9. The van der Waals surface area contributed by atoms with Gasteiger partial charge in [0.25, 0.3) is 11.8 Å². The molecule has 0 radical (unpaired) electrons. The number of aromatic nitrogens is 3. The topological polar surface area (TPSA) is 116 Å². The van der Waals surface area contributed by atoms with Crippen LogP contribution in [0.1, 0.15) is 39.9 Å². The quantitative estimate of drug-likeness (QED) is 0.491. The molecule has 0 unspecified atom stereocenters. The van der Waals surface area contributed by atoms with E-state index in [4.69, 9.17) is 14.2 Å². The van der Waals surface area contributed by atoms with Gasteiger partial charge in [-0.1, -0.05) is 0 Å². The predicted octanol–water partition coefficient (Wildman–Crippen LogP) is 3.55. The van der Waals surface area contributed by atoms with Crippen molar-refractivity contribution in [1.29, 1.82) is 0 Å². The summed E-state index contributed by atoms with van der Waals surface area (Å²) in [7, 11) is 1.59. The standard InChI is InChI=1S/C23H25N5O5S/c1-14-13-34-23(26-14)27-21(29)16-7-17(32-15(2)12-31-3)9-18(8-16)33-20-11-24-19(10-25-20)22(30)28-5-4-6-28/h7-11,13,15H,4-6,12H2,1-3H3,(H,26,27,29)/t15-/m0/s1. The number of carbonyl (C=O) groups excluding carboxylic acids is 2. The van der Waals surface area contributed by atoms with Crippen LogP contribution in [0.4, 0.5) is 5.13 Å². The molecule has 1 aromatic carbocycles. The molecular formula is C23H25N5O5S. The molecule has 4 rings (SSSR count). The van der Waals surface area contributed by atoms with Crippen LogP contribution >= 0.6 is 11.3 Å². The zero-order valence-electron chi connectivity index (χ0n) is 19.1. The lowest BCUT2D eigenvalue weighted by Gasteiger charge is -2.30. The Morgan fingerprint density at radius 1 is 1.18 bits per heavy atom. The fourth-order valence-corrected chi connectivity index (χ4v) is 3.88. The third-order valence-corrected chi connectivity index (χ3v) is 5.81. The van der Waals surface area contributed by atoms with Crippen LogP contribution in [0.2, 0.25) is 0 Å². The summed E-state index contributed by atoms with van der Waals surface area (Å²) in [6.45, 7) is 5.56. The second kappa shape index (κ2) is 10.6. The maximum Gasteiger partial charge on any atom is 0.274 e. The summed E-state index contributed by atoms with van der Waals surface area (Å²) in [6.07, 6.45) is 3.52. The first-order valence-corrected chi connectivity index (χ1v) is 11.6. The van der Waals surface area contributed by atoms with Gasteiger partial charge in [0, 0.05) is 37.2 Å². The molecule has 0 saturated carbocycles. The lowest BCUT2D eigenvalue weighted by Crippen LogP contribution is -2.42. The van der Waals surface area contributed by atoms with Crippen molar-refractivity contribution in [2.75, 3.05) is 32.1 Å². The molecule has 1 aliphatic heterocycles. The molecule has 178 valence electrons. The molecule has 10 nitrogen and oxygen atoms in total. The second-order valence-electron chi connectivity index (χ2n) is 7.81. The van der Waals surface area contributed by atoms with Gasteiger partial charge in [0.1, 0.15) is 23.3 Å². The minimum atomic E-state index is -0.356. The van der Waals surface area contributed by atoms with Crippen LogP contribution in [-0.4, -0.2) is 64.6 Å². The summed E-state index contributed by atoms with van der Waals surface area (Å²) in [5.74, 6) is 0.442. The summed E-state index contributed by atoms with van der Waals surface area (Å²) >= 11 is 1.34. The molecule has 0 spiro atoms. The SMILES string of the molecule is COC[C@H](C)Oc1cc(Oc2cnc(C(=O)N3CCC3)cn2)cc(C(=O)Nc2nc(C)cs2)c1. The number of rotatable bonds is 9. The second-order valence-corrected chi connectivity index (χ2v) is 8.67. The number of hydrogen-bond acceptors (Lipinski definition) is 9. The van der Waals surface area contributed by atoms with Gasteiger partial charge in [-0.15, -0.1) is 11.3 Å². The van der Waals surface area contributed by atoms with E-state index < -0.39 is 0 Å². The molecule has 11 heteroatoms.